The molecule has 0 radical (unpaired) electrons. The molecule has 1 aliphatic rings. The maximum absolute atomic E-state index is 5.54. The molecule has 2 aromatic rings. The SMILES string of the molecule is CN1CCc2cnc3nc(CN)ncc3c2C1. The summed E-state index contributed by atoms with van der Waals surface area (Å²) >= 11 is 0. The summed E-state index contributed by atoms with van der Waals surface area (Å²) in [6.45, 7) is 2.39. The zero-order valence-electron chi connectivity index (χ0n) is 9.85. The summed E-state index contributed by atoms with van der Waals surface area (Å²) in [5.74, 6) is 0.647. The van der Waals surface area contributed by atoms with E-state index in [9.17, 15) is 0 Å². The molecule has 0 unspecified atom stereocenters. The molecule has 0 atom stereocenters. The van der Waals surface area contributed by atoms with Crippen LogP contribution < -0.4 is 5.73 Å². The van der Waals surface area contributed by atoms with Gasteiger partial charge in [-0.15, -0.1) is 0 Å². The first-order valence-corrected chi connectivity index (χ1v) is 5.79. The Morgan fingerprint density at radius 1 is 1.35 bits per heavy atom. The lowest BCUT2D eigenvalue weighted by Crippen LogP contribution is -2.27. The van der Waals surface area contributed by atoms with E-state index in [1.165, 1.54) is 11.1 Å². The Morgan fingerprint density at radius 3 is 3.06 bits per heavy atom. The molecule has 3 rings (SSSR count). The zero-order valence-corrected chi connectivity index (χ0v) is 9.85. The number of pyridine rings is 1. The highest BCUT2D eigenvalue weighted by Gasteiger charge is 2.17. The molecule has 0 aromatic carbocycles. The van der Waals surface area contributed by atoms with Crippen molar-refractivity contribution in [2.24, 2.45) is 5.73 Å². The Morgan fingerprint density at radius 2 is 2.24 bits per heavy atom. The molecule has 3 heterocycles. The third kappa shape index (κ3) is 1.77. The van der Waals surface area contributed by atoms with Crippen LogP contribution in [0.25, 0.3) is 11.0 Å². The van der Waals surface area contributed by atoms with Crippen molar-refractivity contribution in [1.82, 2.24) is 19.9 Å². The Balaban J connectivity index is 2.20. The monoisotopic (exact) mass is 229 g/mol. The van der Waals surface area contributed by atoms with Crippen LogP contribution in [0.2, 0.25) is 0 Å². The summed E-state index contributed by atoms with van der Waals surface area (Å²) in [5, 5.41) is 1.06. The number of hydrogen-bond donors (Lipinski definition) is 1. The quantitative estimate of drug-likeness (QED) is 0.770. The maximum atomic E-state index is 5.54. The van der Waals surface area contributed by atoms with Crippen LogP contribution in [0.3, 0.4) is 0 Å². The van der Waals surface area contributed by atoms with Crippen LogP contribution in [0, 0.1) is 0 Å². The van der Waals surface area contributed by atoms with Crippen LogP contribution in [-0.4, -0.2) is 33.4 Å². The molecular weight excluding hydrogens is 214 g/mol. The lowest BCUT2D eigenvalue weighted by molar-refractivity contribution is 0.314. The van der Waals surface area contributed by atoms with Crippen molar-refractivity contribution in [3.05, 3.63) is 29.3 Å². The second-order valence-electron chi connectivity index (χ2n) is 4.48. The minimum atomic E-state index is 0.356. The second kappa shape index (κ2) is 4.01. The van der Waals surface area contributed by atoms with Crippen LogP contribution in [0.5, 0.6) is 0 Å². The topological polar surface area (TPSA) is 67.9 Å². The fourth-order valence-corrected chi connectivity index (χ4v) is 2.27. The van der Waals surface area contributed by atoms with Crippen LogP contribution >= 0.6 is 0 Å². The van der Waals surface area contributed by atoms with Crippen LogP contribution in [-0.2, 0) is 19.5 Å². The van der Waals surface area contributed by atoms with Gasteiger partial charge in [-0.25, -0.2) is 15.0 Å². The molecule has 0 bridgehead atoms. The first-order chi connectivity index (χ1) is 8.28. The summed E-state index contributed by atoms with van der Waals surface area (Å²) in [6, 6.07) is 0. The van der Waals surface area contributed by atoms with Crippen molar-refractivity contribution in [2.45, 2.75) is 19.5 Å². The van der Waals surface area contributed by atoms with E-state index in [4.69, 9.17) is 5.73 Å². The molecule has 0 fully saturated rings. The zero-order chi connectivity index (χ0) is 11.8. The molecule has 2 aromatic heterocycles. The summed E-state index contributed by atoms with van der Waals surface area (Å²) in [5.41, 5.74) is 8.93. The molecule has 0 saturated carbocycles. The Kier molecular flexibility index (Phi) is 2.49. The van der Waals surface area contributed by atoms with E-state index in [1.807, 2.05) is 12.4 Å². The van der Waals surface area contributed by atoms with Gasteiger partial charge in [0.15, 0.2) is 5.65 Å². The van der Waals surface area contributed by atoms with E-state index >= 15 is 0 Å². The van der Waals surface area contributed by atoms with E-state index in [2.05, 4.69) is 26.9 Å². The van der Waals surface area contributed by atoms with Gasteiger partial charge in [-0.05, 0) is 24.6 Å². The van der Waals surface area contributed by atoms with Crippen molar-refractivity contribution in [1.29, 1.82) is 0 Å². The number of nitrogens with two attached hydrogens (primary N) is 1. The van der Waals surface area contributed by atoms with Gasteiger partial charge in [-0.3, -0.25) is 0 Å². The molecule has 5 nitrogen and oxygen atoms in total. The van der Waals surface area contributed by atoms with Crippen molar-refractivity contribution in [2.75, 3.05) is 13.6 Å². The fourth-order valence-electron chi connectivity index (χ4n) is 2.27. The Hall–Kier alpha value is -1.59. The minimum absolute atomic E-state index is 0.356. The number of likely N-dealkylation sites (N-methyl/N-ethyl adjacent to an activating group) is 1. The third-order valence-corrected chi connectivity index (χ3v) is 3.25. The minimum Gasteiger partial charge on any atom is -0.324 e. The predicted molar refractivity (Wildman–Crippen MR) is 65.3 cm³/mol. The van der Waals surface area contributed by atoms with Crippen LogP contribution in [0.15, 0.2) is 12.4 Å². The van der Waals surface area contributed by atoms with Gasteiger partial charge in [-0.1, -0.05) is 0 Å². The van der Waals surface area contributed by atoms with Crippen molar-refractivity contribution < 1.29 is 0 Å². The average molecular weight is 229 g/mol. The smallest absolute Gasteiger partial charge is 0.163 e. The van der Waals surface area contributed by atoms with Gasteiger partial charge in [0.05, 0.1) is 6.54 Å². The average Bonchev–Trinajstić information content (AvgIpc) is 2.37. The van der Waals surface area contributed by atoms with Gasteiger partial charge in [0.2, 0.25) is 0 Å². The third-order valence-electron chi connectivity index (χ3n) is 3.25. The van der Waals surface area contributed by atoms with Crippen molar-refractivity contribution >= 4 is 11.0 Å². The number of rotatable bonds is 1. The normalized spacial score (nSPS) is 16.1. The molecule has 0 saturated heterocycles. The van der Waals surface area contributed by atoms with Crippen molar-refractivity contribution in [3.63, 3.8) is 0 Å². The number of hydrogen-bond acceptors (Lipinski definition) is 5. The predicted octanol–water partition coefficient (Wildman–Crippen LogP) is 0.471. The summed E-state index contributed by atoms with van der Waals surface area (Å²) in [6.07, 6.45) is 4.85. The summed E-state index contributed by atoms with van der Waals surface area (Å²) in [7, 11) is 2.13. The fraction of sp³-hybridized carbons (Fsp3) is 0.417. The molecule has 17 heavy (non-hydrogen) atoms. The van der Waals surface area contributed by atoms with Gasteiger partial charge in [0.25, 0.3) is 0 Å². The van der Waals surface area contributed by atoms with Gasteiger partial charge in [-0.2, -0.15) is 0 Å². The first kappa shape index (κ1) is 10.6. The first-order valence-electron chi connectivity index (χ1n) is 5.79. The Bertz CT molecular complexity index is 566. The molecule has 2 N–H and O–H groups in total. The van der Waals surface area contributed by atoms with Gasteiger partial charge in [0, 0.05) is 30.9 Å². The van der Waals surface area contributed by atoms with E-state index in [1.54, 1.807) is 0 Å². The van der Waals surface area contributed by atoms with Crippen molar-refractivity contribution in [3.8, 4) is 0 Å². The van der Waals surface area contributed by atoms with E-state index in [0.717, 1.165) is 30.5 Å². The van der Waals surface area contributed by atoms with Gasteiger partial charge >= 0.3 is 0 Å². The molecule has 0 spiro atoms. The highest BCUT2D eigenvalue weighted by atomic mass is 15.1. The number of aromatic nitrogens is 3. The maximum Gasteiger partial charge on any atom is 0.163 e. The number of nitrogens with zero attached hydrogens (tertiary/aromatic N) is 4. The van der Waals surface area contributed by atoms with E-state index < -0.39 is 0 Å². The van der Waals surface area contributed by atoms with E-state index in [0.29, 0.717) is 12.4 Å². The summed E-state index contributed by atoms with van der Waals surface area (Å²) in [4.78, 5) is 15.3. The van der Waals surface area contributed by atoms with E-state index in [-0.39, 0.29) is 0 Å². The van der Waals surface area contributed by atoms with Crippen LogP contribution in [0.1, 0.15) is 17.0 Å². The molecule has 0 aliphatic carbocycles. The lowest BCUT2D eigenvalue weighted by atomic mass is 10.00. The molecule has 88 valence electrons. The molecule has 5 heteroatoms. The Labute approximate surface area is 99.7 Å². The largest absolute Gasteiger partial charge is 0.324 e. The molecule has 0 amide bonds. The lowest BCUT2D eigenvalue weighted by Gasteiger charge is -2.25. The number of fused-ring (bicyclic) bond motifs is 3. The second-order valence-corrected chi connectivity index (χ2v) is 4.48. The van der Waals surface area contributed by atoms with Gasteiger partial charge < -0.3 is 10.6 Å². The molecular formula is C12H15N5. The highest BCUT2D eigenvalue weighted by molar-refractivity contribution is 5.79. The highest BCUT2D eigenvalue weighted by Crippen LogP contribution is 2.24. The summed E-state index contributed by atoms with van der Waals surface area (Å²) < 4.78 is 0. The standard InChI is InChI=1S/C12H15N5/c1-17-3-2-8-5-15-12-9(10(8)7-17)6-14-11(4-13)16-12/h5-6H,2-4,7,13H2,1H3. The molecule has 1 aliphatic heterocycles. The van der Waals surface area contributed by atoms with Gasteiger partial charge in [0.1, 0.15) is 5.82 Å². The van der Waals surface area contributed by atoms with Crippen LogP contribution in [0.4, 0.5) is 0 Å².